The van der Waals surface area contributed by atoms with Crippen LogP contribution in [0.3, 0.4) is 0 Å². The molecule has 0 spiro atoms. The summed E-state index contributed by atoms with van der Waals surface area (Å²) < 4.78 is 0. The third kappa shape index (κ3) is 1.47. The molecule has 1 aliphatic heterocycles. The fourth-order valence-corrected chi connectivity index (χ4v) is 2.76. The number of likely N-dealkylation sites (tertiary alicyclic amines) is 1. The maximum absolute atomic E-state index is 10.5. The zero-order valence-corrected chi connectivity index (χ0v) is 9.13. The average Bonchev–Trinajstić information content (AvgIpc) is 2.15. The quantitative estimate of drug-likeness (QED) is 0.687. The van der Waals surface area contributed by atoms with Crippen molar-refractivity contribution in [3.05, 3.63) is 0 Å². The number of nitrogens with zero attached hydrogens (tertiary/aromatic N) is 1. The van der Waals surface area contributed by atoms with Gasteiger partial charge in [0.15, 0.2) is 0 Å². The van der Waals surface area contributed by atoms with E-state index in [2.05, 4.69) is 11.8 Å². The Morgan fingerprint density at radius 1 is 1.21 bits per heavy atom. The van der Waals surface area contributed by atoms with Gasteiger partial charge in [0, 0.05) is 18.6 Å². The van der Waals surface area contributed by atoms with Crippen LogP contribution in [0.4, 0.5) is 0 Å². The van der Waals surface area contributed by atoms with Crippen LogP contribution in [-0.4, -0.2) is 40.8 Å². The Labute approximate surface area is 86.3 Å². The highest BCUT2D eigenvalue weighted by molar-refractivity contribution is 5.10. The zero-order valence-electron chi connectivity index (χ0n) is 9.13. The molecule has 14 heavy (non-hydrogen) atoms. The van der Waals surface area contributed by atoms with Gasteiger partial charge in [-0.15, -0.1) is 0 Å². The first-order valence-corrected chi connectivity index (χ1v) is 5.83. The summed E-state index contributed by atoms with van der Waals surface area (Å²) in [6.07, 6.45) is 4.93. The van der Waals surface area contributed by atoms with Gasteiger partial charge in [0.1, 0.15) is 0 Å². The third-order valence-electron chi connectivity index (χ3n) is 4.30. The number of piperidine rings is 1. The van der Waals surface area contributed by atoms with Gasteiger partial charge in [-0.2, -0.15) is 0 Å². The molecule has 3 heteroatoms. The van der Waals surface area contributed by atoms with Crippen LogP contribution < -0.4 is 5.73 Å². The monoisotopic (exact) mass is 198 g/mol. The molecule has 0 aromatic heterocycles. The lowest BCUT2D eigenvalue weighted by Gasteiger charge is -2.53. The SMILES string of the molecule is CCN1CCC(O)(C2(N)CCC2)CC1. The molecular weight excluding hydrogens is 176 g/mol. The molecule has 2 fully saturated rings. The molecule has 0 aromatic rings. The summed E-state index contributed by atoms with van der Waals surface area (Å²) in [6, 6.07) is 0. The van der Waals surface area contributed by atoms with Crippen molar-refractivity contribution in [1.82, 2.24) is 4.90 Å². The topological polar surface area (TPSA) is 49.5 Å². The maximum atomic E-state index is 10.5. The Morgan fingerprint density at radius 3 is 2.14 bits per heavy atom. The highest BCUT2D eigenvalue weighted by Crippen LogP contribution is 2.43. The molecule has 0 amide bonds. The fraction of sp³-hybridized carbons (Fsp3) is 1.00. The summed E-state index contributed by atoms with van der Waals surface area (Å²) in [6.45, 7) is 5.28. The number of hydrogen-bond acceptors (Lipinski definition) is 3. The lowest BCUT2D eigenvalue weighted by atomic mass is 9.63. The van der Waals surface area contributed by atoms with Crippen LogP contribution in [0, 0.1) is 0 Å². The largest absolute Gasteiger partial charge is 0.388 e. The third-order valence-corrected chi connectivity index (χ3v) is 4.30. The van der Waals surface area contributed by atoms with Crippen LogP contribution in [0.5, 0.6) is 0 Å². The van der Waals surface area contributed by atoms with Crippen LogP contribution in [-0.2, 0) is 0 Å². The molecule has 0 aromatic carbocycles. The van der Waals surface area contributed by atoms with Gasteiger partial charge < -0.3 is 15.7 Å². The van der Waals surface area contributed by atoms with Gasteiger partial charge in [0.2, 0.25) is 0 Å². The van der Waals surface area contributed by atoms with E-state index in [4.69, 9.17) is 5.73 Å². The minimum absolute atomic E-state index is 0.257. The summed E-state index contributed by atoms with van der Waals surface area (Å²) in [7, 11) is 0. The van der Waals surface area contributed by atoms with E-state index in [0.29, 0.717) is 0 Å². The molecule has 2 aliphatic rings. The number of hydrogen-bond donors (Lipinski definition) is 2. The number of nitrogens with two attached hydrogens (primary N) is 1. The van der Waals surface area contributed by atoms with Crippen molar-refractivity contribution in [3.8, 4) is 0 Å². The van der Waals surface area contributed by atoms with E-state index in [1.807, 2.05) is 0 Å². The summed E-state index contributed by atoms with van der Waals surface area (Å²) >= 11 is 0. The van der Waals surface area contributed by atoms with Crippen LogP contribution in [0.2, 0.25) is 0 Å². The molecule has 82 valence electrons. The summed E-state index contributed by atoms with van der Waals surface area (Å²) in [5.41, 5.74) is 5.40. The van der Waals surface area contributed by atoms with Gasteiger partial charge in [-0.25, -0.2) is 0 Å². The van der Waals surface area contributed by atoms with Crippen molar-refractivity contribution in [1.29, 1.82) is 0 Å². The molecule has 1 aliphatic carbocycles. The second-order valence-corrected chi connectivity index (χ2v) is 4.98. The van der Waals surface area contributed by atoms with E-state index in [9.17, 15) is 5.11 Å². The van der Waals surface area contributed by atoms with Gasteiger partial charge in [-0.3, -0.25) is 0 Å². The summed E-state index contributed by atoms with van der Waals surface area (Å²) in [5, 5.41) is 10.5. The van der Waals surface area contributed by atoms with Gasteiger partial charge >= 0.3 is 0 Å². The molecular formula is C11H22N2O. The van der Waals surface area contributed by atoms with Crippen molar-refractivity contribution in [2.24, 2.45) is 5.73 Å². The van der Waals surface area contributed by atoms with E-state index in [1.54, 1.807) is 0 Å². The molecule has 3 nitrogen and oxygen atoms in total. The molecule has 1 heterocycles. The minimum atomic E-state index is -0.572. The molecule has 1 saturated carbocycles. The van der Waals surface area contributed by atoms with Gasteiger partial charge in [0.25, 0.3) is 0 Å². The maximum Gasteiger partial charge on any atom is 0.0850 e. The highest BCUT2D eigenvalue weighted by Gasteiger charge is 2.51. The predicted octanol–water partition coefficient (Wildman–Crippen LogP) is 0.715. The zero-order chi connectivity index (χ0) is 10.2. The molecule has 0 radical (unpaired) electrons. The Balaban J connectivity index is 1.98. The van der Waals surface area contributed by atoms with Crippen LogP contribution >= 0.6 is 0 Å². The van der Waals surface area contributed by atoms with Gasteiger partial charge in [0.05, 0.1) is 5.60 Å². The van der Waals surface area contributed by atoms with Gasteiger partial charge in [-0.1, -0.05) is 6.92 Å². The first kappa shape index (κ1) is 10.4. The Kier molecular flexibility index (Phi) is 2.58. The second kappa shape index (κ2) is 3.47. The fourth-order valence-electron chi connectivity index (χ4n) is 2.76. The Bertz CT molecular complexity index is 205. The minimum Gasteiger partial charge on any atom is -0.388 e. The smallest absolute Gasteiger partial charge is 0.0850 e. The van der Waals surface area contributed by atoms with E-state index in [-0.39, 0.29) is 5.54 Å². The predicted molar refractivity (Wildman–Crippen MR) is 57.1 cm³/mol. The standard InChI is InChI=1S/C11H22N2O/c1-2-13-8-6-11(14,7-9-13)10(12)4-3-5-10/h14H,2-9,12H2,1H3. The van der Waals surface area contributed by atoms with Crippen molar-refractivity contribution >= 4 is 0 Å². The van der Waals surface area contributed by atoms with Crippen LogP contribution in [0.15, 0.2) is 0 Å². The van der Waals surface area contributed by atoms with Crippen molar-refractivity contribution < 1.29 is 5.11 Å². The lowest BCUT2D eigenvalue weighted by Crippen LogP contribution is -2.67. The van der Waals surface area contributed by atoms with Gasteiger partial charge in [-0.05, 0) is 38.6 Å². The first-order chi connectivity index (χ1) is 6.60. The van der Waals surface area contributed by atoms with Crippen molar-refractivity contribution in [3.63, 3.8) is 0 Å². The molecule has 0 bridgehead atoms. The van der Waals surface area contributed by atoms with Crippen molar-refractivity contribution in [2.75, 3.05) is 19.6 Å². The first-order valence-electron chi connectivity index (χ1n) is 5.83. The van der Waals surface area contributed by atoms with E-state index >= 15 is 0 Å². The Morgan fingerprint density at radius 2 is 1.79 bits per heavy atom. The lowest BCUT2D eigenvalue weighted by molar-refractivity contribution is -0.106. The summed E-state index contributed by atoms with van der Waals surface area (Å²) in [4.78, 5) is 2.39. The van der Waals surface area contributed by atoms with Crippen molar-refractivity contribution in [2.45, 2.75) is 50.2 Å². The van der Waals surface area contributed by atoms with E-state index in [0.717, 1.165) is 45.3 Å². The number of aliphatic hydroxyl groups is 1. The normalized spacial score (nSPS) is 31.1. The van der Waals surface area contributed by atoms with Crippen LogP contribution in [0.25, 0.3) is 0 Å². The van der Waals surface area contributed by atoms with Crippen LogP contribution in [0.1, 0.15) is 39.0 Å². The van der Waals surface area contributed by atoms with E-state index in [1.165, 1.54) is 6.42 Å². The Hall–Kier alpha value is -0.120. The molecule has 0 atom stereocenters. The summed E-state index contributed by atoms with van der Waals surface area (Å²) in [5.74, 6) is 0. The molecule has 1 saturated heterocycles. The number of rotatable bonds is 2. The highest BCUT2D eigenvalue weighted by atomic mass is 16.3. The average molecular weight is 198 g/mol. The van der Waals surface area contributed by atoms with E-state index < -0.39 is 5.60 Å². The molecule has 2 rings (SSSR count). The molecule has 0 unspecified atom stereocenters. The second-order valence-electron chi connectivity index (χ2n) is 4.98. The molecule has 3 N–H and O–H groups in total.